The Morgan fingerprint density at radius 3 is 2.21 bits per heavy atom. The molecule has 13 heteroatoms. The van der Waals surface area contributed by atoms with Crippen molar-refractivity contribution in [2.75, 3.05) is 0 Å². The molecule has 0 saturated heterocycles. The number of fused-ring (bicyclic) bond motifs is 1. The van der Waals surface area contributed by atoms with Gasteiger partial charge in [-0.3, -0.25) is 14.6 Å². The van der Waals surface area contributed by atoms with Gasteiger partial charge in [0.2, 0.25) is 10.0 Å². The van der Waals surface area contributed by atoms with E-state index in [2.05, 4.69) is 5.10 Å². The molecule has 0 bridgehead atoms. The minimum Gasteiger partial charge on any atom is -0.280 e. The number of primary sulfonamides is 1. The molecule has 4 aromatic rings. The first kappa shape index (κ1) is 23.6. The normalized spacial score (nSPS) is 12.4. The zero-order chi connectivity index (χ0) is 25.0. The average molecular weight is 501 g/mol. The van der Waals surface area contributed by atoms with Crippen LogP contribution in [-0.4, -0.2) is 18.2 Å². The molecule has 0 amide bonds. The smallest absolute Gasteiger partial charge is 0.280 e. The van der Waals surface area contributed by atoms with Crippen molar-refractivity contribution in [2.24, 2.45) is 5.14 Å². The van der Waals surface area contributed by atoms with E-state index in [1.54, 1.807) is 0 Å². The van der Waals surface area contributed by atoms with Gasteiger partial charge in [0.15, 0.2) is 11.6 Å². The van der Waals surface area contributed by atoms with Crippen molar-refractivity contribution in [2.45, 2.75) is 17.6 Å². The Balaban J connectivity index is 1.93. The average Bonchev–Trinajstić information content (AvgIpc) is 3.03. The summed E-state index contributed by atoms with van der Waals surface area (Å²) in [6.45, 7) is -0.120. The van der Waals surface area contributed by atoms with Crippen molar-refractivity contribution in [3.63, 3.8) is 0 Å². The highest BCUT2D eigenvalue weighted by molar-refractivity contribution is 7.89. The summed E-state index contributed by atoms with van der Waals surface area (Å²) in [5, 5.41) is 7.33. The minimum atomic E-state index is -5.28. The fourth-order valence-corrected chi connectivity index (χ4v) is 4.42. The first-order valence-corrected chi connectivity index (χ1v) is 10.9. The molecule has 0 radical (unpaired) electrons. The number of hydrogen-bond donors (Lipinski definition) is 2. The van der Waals surface area contributed by atoms with Crippen molar-refractivity contribution in [3.8, 4) is 11.1 Å². The third-order valence-corrected chi connectivity index (χ3v) is 6.04. The second-order valence-electron chi connectivity index (χ2n) is 7.35. The molecular formula is C21H13F6N3O3S. The molecule has 0 atom stereocenters. The molecular weight excluding hydrogens is 488 g/mol. The van der Waals surface area contributed by atoms with Gasteiger partial charge in [-0.1, -0.05) is 12.1 Å². The zero-order valence-electron chi connectivity index (χ0n) is 16.8. The molecule has 3 aromatic carbocycles. The first-order valence-electron chi connectivity index (χ1n) is 9.36. The molecule has 178 valence electrons. The molecule has 1 heterocycles. The highest BCUT2D eigenvalue weighted by Gasteiger charge is 2.39. The number of nitrogens with two attached hydrogens (primary N) is 1. The number of H-pyrrole nitrogens is 1. The number of benzene rings is 3. The Bertz CT molecular complexity index is 1610. The second kappa shape index (κ2) is 8.02. The maximum absolute atomic E-state index is 14.2. The van der Waals surface area contributed by atoms with Crippen LogP contribution in [0.2, 0.25) is 0 Å². The molecule has 6 nitrogen and oxygen atoms in total. The lowest BCUT2D eigenvalue weighted by molar-refractivity contribution is -0.139. The third kappa shape index (κ3) is 4.19. The minimum absolute atomic E-state index is 0.120. The molecule has 0 aliphatic carbocycles. The van der Waals surface area contributed by atoms with Gasteiger partial charge in [-0.2, -0.15) is 13.2 Å². The van der Waals surface area contributed by atoms with Crippen LogP contribution in [0.5, 0.6) is 0 Å². The lowest BCUT2D eigenvalue weighted by Crippen LogP contribution is -2.18. The van der Waals surface area contributed by atoms with Crippen molar-refractivity contribution in [1.82, 2.24) is 9.78 Å². The quantitative estimate of drug-likeness (QED) is 0.412. The van der Waals surface area contributed by atoms with Crippen LogP contribution in [0.1, 0.15) is 11.1 Å². The van der Waals surface area contributed by atoms with Crippen LogP contribution in [0.4, 0.5) is 26.3 Å². The van der Waals surface area contributed by atoms with Crippen LogP contribution in [0.3, 0.4) is 0 Å². The standard InChI is InChI=1S/C21H13F6N3O3S/c22-13-3-1-10(7-15(13)24)9-30-16-5-2-11(8-12(16)20(31)29-30)18-17(34(28,32)33)6-4-14(23)19(18)21(25,26)27/h1-8H,9H2,(H,29,31)(H2,28,32,33). The number of alkyl halides is 3. The lowest BCUT2D eigenvalue weighted by Gasteiger charge is -2.17. The van der Waals surface area contributed by atoms with Crippen LogP contribution in [0.15, 0.2) is 58.2 Å². The van der Waals surface area contributed by atoms with Crippen LogP contribution in [0.25, 0.3) is 22.0 Å². The summed E-state index contributed by atoms with van der Waals surface area (Å²) in [6, 6.07) is 7.27. The molecule has 0 spiro atoms. The fraction of sp³-hybridized carbons (Fsp3) is 0.0952. The molecule has 1 aromatic heterocycles. The predicted octanol–water partition coefficient (Wildman–Crippen LogP) is 4.13. The van der Waals surface area contributed by atoms with Gasteiger partial charge in [-0.25, -0.2) is 26.7 Å². The van der Waals surface area contributed by atoms with Gasteiger partial charge >= 0.3 is 6.18 Å². The summed E-state index contributed by atoms with van der Waals surface area (Å²) in [7, 11) is -4.71. The van der Waals surface area contributed by atoms with Crippen molar-refractivity contribution in [1.29, 1.82) is 0 Å². The number of aromatic amines is 1. The van der Waals surface area contributed by atoms with E-state index in [0.717, 1.165) is 24.3 Å². The molecule has 4 rings (SSSR count). The van der Waals surface area contributed by atoms with E-state index in [4.69, 9.17) is 5.14 Å². The topological polar surface area (TPSA) is 98.0 Å². The highest BCUT2D eigenvalue weighted by atomic mass is 32.2. The number of sulfonamides is 1. The van der Waals surface area contributed by atoms with E-state index >= 15 is 0 Å². The van der Waals surface area contributed by atoms with E-state index < -0.39 is 60.8 Å². The molecule has 0 aliphatic rings. The molecule has 0 unspecified atom stereocenters. The van der Waals surface area contributed by atoms with E-state index in [1.165, 1.54) is 16.8 Å². The Hall–Kier alpha value is -3.58. The Labute approximate surface area is 187 Å². The van der Waals surface area contributed by atoms with Crippen LogP contribution in [-0.2, 0) is 22.7 Å². The Morgan fingerprint density at radius 2 is 1.59 bits per heavy atom. The number of nitrogens with one attached hydrogen (secondary N) is 1. The predicted molar refractivity (Wildman–Crippen MR) is 110 cm³/mol. The highest BCUT2D eigenvalue weighted by Crippen LogP contribution is 2.42. The molecule has 0 saturated carbocycles. The number of rotatable bonds is 4. The van der Waals surface area contributed by atoms with Gasteiger partial charge in [0.1, 0.15) is 11.4 Å². The summed E-state index contributed by atoms with van der Waals surface area (Å²) >= 11 is 0. The summed E-state index contributed by atoms with van der Waals surface area (Å²) in [4.78, 5) is 11.5. The number of aromatic nitrogens is 2. The van der Waals surface area contributed by atoms with Gasteiger partial charge in [0.05, 0.1) is 22.3 Å². The molecule has 3 N–H and O–H groups in total. The fourth-order valence-electron chi connectivity index (χ4n) is 3.66. The SMILES string of the molecule is NS(=O)(=O)c1ccc(F)c(C(F)(F)F)c1-c1ccc2c(c1)c(=O)[nH]n2Cc1ccc(F)c(F)c1. The summed E-state index contributed by atoms with van der Waals surface area (Å²) in [5.74, 6) is -3.90. The van der Waals surface area contributed by atoms with E-state index in [-0.39, 0.29) is 23.0 Å². The van der Waals surface area contributed by atoms with E-state index in [0.29, 0.717) is 12.1 Å². The zero-order valence-corrected chi connectivity index (χ0v) is 17.6. The lowest BCUT2D eigenvalue weighted by atomic mass is 9.97. The van der Waals surface area contributed by atoms with Gasteiger partial charge in [0.25, 0.3) is 5.56 Å². The number of halogens is 6. The first-order chi connectivity index (χ1) is 15.8. The Morgan fingerprint density at radius 1 is 0.912 bits per heavy atom. The van der Waals surface area contributed by atoms with Crippen molar-refractivity contribution >= 4 is 20.9 Å². The number of nitrogens with zero attached hydrogens (tertiary/aromatic N) is 1. The van der Waals surface area contributed by atoms with Crippen LogP contribution < -0.4 is 10.7 Å². The summed E-state index contributed by atoms with van der Waals surface area (Å²) in [6.07, 6.45) is -5.28. The van der Waals surface area contributed by atoms with Crippen LogP contribution >= 0.6 is 0 Å². The third-order valence-electron chi connectivity index (χ3n) is 5.09. The summed E-state index contributed by atoms with van der Waals surface area (Å²) < 4.78 is 107. The molecule has 0 aliphatic heterocycles. The largest absolute Gasteiger partial charge is 0.419 e. The molecule has 0 fully saturated rings. The van der Waals surface area contributed by atoms with Crippen molar-refractivity contribution < 1.29 is 34.8 Å². The molecule has 34 heavy (non-hydrogen) atoms. The number of hydrogen-bond acceptors (Lipinski definition) is 3. The van der Waals surface area contributed by atoms with Crippen molar-refractivity contribution in [3.05, 3.63) is 87.5 Å². The van der Waals surface area contributed by atoms with E-state index in [9.17, 15) is 39.6 Å². The van der Waals surface area contributed by atoms with Crippen LogP contribution in [0, 0.1) is 17.5 Å². The monoisotopic (exact) mass is 501 g/mol. The maximum Gasteiger partial charge on any atom is 0.419 e. The van der Waals surface area contributed by atoms with Gasteiger partial charge in [-0.05, 0) is 47.5 Å². The van der Waals surface area contributed by atoms with E-state index in [1.807, 2.05) is 0 Å². The van der Waals surface area contributed by atoms with Gasteiger partial charge in [0, 0.05) is 5.56 Å². The Kier molecular flexibility index (Phi) is 5.56. The summed E-state index contributed by atoms with van der Waals surface area (Å²) in [5.41, 5.74) is -3.63. The van der Waals surface area contributed by atoms with Gasteiger partial charge in [-0.15, -0.1) is 0 Å². The second-order valence-corrected chi connectivity index (χ2v) is 8.88. The van der Waals surface area contributed by atoms with Gasteiger partial charge < -0.3 is 0 Å². The maximum atomic E-state index is 14.2.